The number of carbonyl (C=O) groups excluding carboxylic acids is 1. The van der Waals surface area contributed by atoms with Gasteiger partial charge < -0.3 is 9.30 Å². The summed E-state index contributed by atoms with van der Waals surface area (Å²) in [5.41, 5.74) is 5.38. The van der Waals surface area contributed by atoms with E-state index in [1.165, 1.54) is 17.3 Å². The molecule has 1 saturated carbocycles. The molecule has 2 heterocycles. The van der Waals surface area contributed by atoms with Crippen molar-refractivity contribution in [3.05, 3.63) is 101 Å². The van der Waals surface area contributed by atoms with Crippen molar-refractivity contribution < 1.29 is 9.53 Å². The number of aromatic nitrogens is 1. The van der Waals surface area contributed by atoms with Gasteiger partial charge in [0, 0.05) is 28.7 Å². The molecule has 0 radical (unpaired) electrons. The number of amidine groups is 1. The van der Waals surface area contributed by atoms with E-state index < -0.39 is 0 Å². The van der Waals surface area contributed by atoms with Crippen molar-refractivity contribution in [2.75, 3.05) is 6.61 Å². The van der Waals surface area contributed by atoms with Gasteiger partial charge in [-0.1, -0.05) is 61.4 Å². The van der Waals surface area contributed by atoms with Gasteiger partial charge in [-0.3, -0.25) is 9.69 Å². The Labute approximate surface area is 234 Å². The van der Waals surface area contributed by atoms with Crippen molar-refractivity contribution in [2.45, 2.75) is 52.1 Å². The Kier molecular flexibility index (Phi) is 7.29. The molecule has 0 unspecified atom stereocenters. The van der Waals surface area contributed by atoms with Crippen LogP contribution in [-0.2, 0) is 11.3 Å². The molecule has 0 spiro atoms. The lowest BCUT2D eigenvalue weighted by Gasteiger charge is -2.22. The van der Waals surface area contributed by atoms with E-state index in [4.69, 9.17) is 9.73 Å². The number of benzene rings is 3. The molecule has 6 rings (SSSR count). The van der Waals surface area contributed by atoms with E-state index in [0.29, 0.717) is 13.2 Å². The molecular formula is C33H33N3O2S. The fraction of sp³-hybridized carbons (Fsp3) is 0.273. The molecule has 1 saturated heterocycles. The van der Waals surface area contributed by atoms with Crippen LogP contribution in [0, 0.1) is 13.8 Å². The highest BCUT2D eigenvalue weighted by Gasteiger charge is 2.39. The number of carbonyl (C=O) groups is 1. The fourth-order valence-corrected chi connectivity index (χ4v) is 6.54. The molecule has 3 aromatic carbocycles. The van der Waals surface area contributed by atoms with Crippen molar-refractivity contribution in [1.29, 1.82) is 0 Å². The van der Waals surface area contributed by atoms with Crippen molar-refractivity contribution in [1.82, 2.24) is 9.47 Å². The molecule has 2 aliphatic rings. The van der Waals surface area contributed by atoms with Crippen LogP contribution in [0.4, 0.5) is 5.69 Å². The Morgan fingerprint density at radius 3 is 2.59 bits per heavy atom. The second-order valence-electron chi connectivity index (χ2n) is 10.4. The van der Waals surface area contributed by atoms with Gasteiger partial charge in [-0.25, -0.2) is 4.99 Å². The van der Waals surface area contributed by atoms with Crippen molar-refractivity contribution in [3.8, 4) is 5.75 Å². The molecule has 0 bridgehead atoms. The molecular weight excluding hydrogens is 502 g/mol. The molecule has 0 atom stereocenters. The van der Waals surface area contributed by atoms with E-state index in [-0.39, 0.29) is 11.9 Å². The van der Waals surface area contributed by atoms with Crippen molar-refractivity contribution in [2.24, 2.45) is 4.99 Å². The molecule has 1 aliphatic carbocycles. The number of nitrogens with zero attached hydrogens (tertiary/aromatic N) is 3. The minimum atomic E-state index is 0.0664. The topological polar surface area (TPSA) is 46.8 Å². The van der Waals surface area contributed by atoms with E-state index in [9.17, 15) is 4.79 Å². The van der Waals surface area contributed by atoms with Gasteiger partial charge in [-0.05, 0) is 79.9 Å². The van der Waals surface area contributed by atoms with Crippen molar-refractivity contribution in [3.63, 3.8) is 0 Å². The highest BCUT2D eigenvalue weighted by Crippen LogP contribution is 2.39. The zero-order valence-corrected chi connectivity index (χ0v) is 23.3. The molecule has 198 valence electrons. The monoisotopic (exact) mass is 535 g/mol. The van der Waals surface area contributed by atoms with E-state index in [2.05, 4.69) is 67.1 Å². The maximum absolute atomic E-state index is 13.8. The zero-order valence-electron chi connectivity index (χ0n) is 22.5. The second kappa shape index (κ2) is 11.1. The first kappa shape index (κ1) is 25.5. The minimum Gasteiger partial charge on any atom is -0.491 e. The molecule has 0 N–H and O–H groups in total. The Bertz CT molecular complexity index is 1560. The minimum absolute atomic E-state index is 0.0664. The molecule has 1 amide bonds. The van der Waals surface area contributed by atoms with E-state index in [1.807, 2.05) is 41.3 Å². The number of thioether (sulfide) groups is 1. The summed E-state index contributed by atoms with van der Waals surface area (Å²) in [7, 11) is 0. The van der Waals surface area contributed by atoms with E-state index in [1.54, 1.807) is 0 Å². The number of aryl methyl sites for hydroxylation is 2. The van der Waals surface area contributed by atoms with Crippen molar-refractivity contribution >= 4 is 45.5 Å². The maximum atomic E-state index is 13.8. The number of aliphatic imine (C=N–C) groups is 1. The highest BCUT2D eigenvalue weighted by molar-refractivity contribution is 8.18. The molecule has 1 aliphatic heterocycles. The predicted octanol–water partition coefficient (Wildman–Crippen LogP) is 7.88. The Morgan fingerprint density at radius 2 is 1.77 bits per heavy atom. The summed E-state index contributed by atoms with van der Waals surface area (Å²) in [6.45, 7) is 5.44. The number of hydrogen-bond donors (Lipinski definition) is 0. The van der Waals surface area contributed by atoms with Crippen LogP contribution in [0.3, 0.4) is 0 Å². The van der Waals surface area contributed by atoms with Crippen LogP contribution in [0.15, 0.2) is 88.9 Å². The summed E-state index contributed by atoms with van der Waals surface area (Å²) in [6, 6.07) is 24.8. The van der Waals surface area contributed by atoms with Crippen LogP contribution >= 0.6 is 11.8 Å². The number of hydrogen-bond acceptors (Lipinski definition) is 4. The molecule has 39 heavy (non-hydrogen) atoms. The maximum Gasteiger partial charge on any atom is 0.267 e. The fourth-order valence-electron chi connectivity index (χ4n) is 5.50. The lowest BCUT2D eigenvalue weighted by atomic mass is 10.1. The Morgan fingerprint density at radius 1 is 1.00 bits per heavy atom. The number of amides is 1. The predicted molar refractivity (Wildman–Crippen MR) is 162 cm³/mol. The second-order valence-corrected chi connectivity index (χ2v) is 11.4. The zero-order chi connectivity index (χ0) is 26.8. The average Bonchev–Trinajstić information content (AvgIpc) is 3.66. The highest BCUT2D eigenvalue weighted by atomic mass is 32.2. The summed E-state index contributed by atoms with van der Waals surface area (Å²) >= 11 is 1.49. The molecule has 1 aromatic heterocycles. The molecule has 5 nitrogen and oxygen atoms in total. The van der Waals surface area contributed by atoms with Crippen LogP contribution in [0.2, 0.25) is 0 Å². The molecule has 4 aromatic rings. The lowest BCUT2D eigenvalue weighted by Crippen LogP contribution is -2.37. The van der Waals surface area contributed by atoms with Gasteiger partial charge in [0.05, 0.1) is 17.1 Å². The Balaban J connectivity index is 1.29. The van der Waals surface area contributed by atoms with Gasteiger partial charge in [0.2, 0.25) is 0 Å². The van der Waals surface area contributed by atoms with E-state index >= 15 is 0 Å². The Hall–Kier alpha value is -3.77. The third kappa shape index (κ3) is 5.39. The summed E-state index contributed by atoms with van der Waals surface area (Å²) in [6.07, 6.45) is 8.58. The number of para-hydroxylation sites is 2. The normalized spacial score (nSPS) is 18.2. The molecule has 2 fully saturated rings. The lowest BCUT2D eigenvalue weighted by molar-refractivity contribution is -0.123. The standard InChI is InChI=1S/C33H33N3O2S/c1-23-16-17-24(2)30(20-23)38-19-18-35-22-25(28-14-8-9-15-29(28)35)21-31-32(37)36(27-12-6-7-13-27)33(39-31)34-26-10-4-3-5-11-26/h3-5,8-11,14-17,20-22,27H,6-7,12-13,18-19H2,1-2H3/b31-21-,34-33?. The van der Waals surface area contributed by atoms with Crippen LogP contribution in [0.25, 0.3) is 17.0 Å². The average molecular weight is 536 g/mol. The first-order valence-corrected chi connectivity index (χ1v) is 14.5. The van der Waals surface area contributed by atoms with Gasteiger partial charge in [0.15, 0.2) is 5.17 Å². The third-order valence-corrected chi connectivity index (χ3v) is 8.53. The number of fused-ring (bicyclic) bond motifs is 1. The van der Waals surface area contributed by atoms with Crippen LogP contribution in [-0.4, -0.2) is 33.2 Å². The molecule has 6 heteroatoms. The SMILES string of the molecule is Cc1ccc(C)c(OCCn2cc(/C=C3\SC(=Nc4ccccc4)N(C4CCCC4)C3=O)c3ccccc32)c1. The summed E-state index contributed by atoms with van der Waals surface area (Å²) in [4.78, 5) is 21.3. The van der Waals surface area contributed by atoms with Crippen LogP contribution in [0.5, 0.6) is 5.75 Å². The third-order valence-electron chi connectivity index (χ3n) is 7.55. The smallest absolute Gasteiger partial charge is 0.267 e. The first-order valence-electron chi connectivity index (χ1n) is 13.7. The summed E-state index contributed by atoms with van der Waals surface area (Å²) < 4.78 is 8.38. The van der Waals surface area contributed by atoms with Crippen LogP contribution in [0.1, 0.15) is 42.4 Å². The van der Waals surface area contributed by atoms with Gasteiger partial charge in [-0.2, -0.15) is 0 Å². The first-order chi connectivity index (χ1) is 19.1. The van der Waals surface area contributed by atoms with Gasteiger partial charge >= 0.3 is 0 Å². The van der Waals surface area contributed by atoms with Crippen LogP contribution < -0.4 is 4.74 Å². The van der Waals surface area contributed by atoms with Gasteiger partial charge in [-0.15, -0.1) is 0 Å². The van der Waals surface area contributed by atoms with Gasteiger partial charge in [0.25, 0.3) is 5.91 Å². The summed E-state index contributed by atoms with van der Waals surface area (Å²) in [5, 5.41) is 1.92. The number of rotatable bonds is 7. The van der Waals surface area contributed by atoms with E-state index in [0.717, 1.165) is 69.2 Å². The largest absolute Gasteiger partial charge is 0.491 e. The van der Waals surface area contributed by atoms with Gasteiger partial charge in [0.1, 0.15) is 12.4 Å². The quantitative estimate of drug-likeness (QED) is 0.226. The summed E-state index contributed by atoms with van der Waals surface area (Å²) in [5.74, 6) is 0.996. The number of ether oxygens (including phenoxy) is 1.